The monoisotopic (exact) mass is 401 g/mol. The van der Waals surface area contributed by atoms with Crippen LogP contribution in [0.5, 0.6) is 0 Å². The molecule has 2 heterocycles. The number of likely N-dealkylation sites (tertiary alicyclic amines) is 1. The number of benzene rings is 1. The summed E-state index contributed by atoms with van der Waals surface area (Å²) in [5.41, 5.74) is 1.20. The first-order valence-corrected chi connectivity index (χ1v) is 11.0. The molecule has 1 unspecified atom stereocenters. The number of aliphatic hydroxyl groups excluding tert-OH is 1. The second kappa shape index (κ2) is 11.2. The van der Waals surface area contributed by atoms with Crippen molar-refractivity contribution in [2.45, 2.75) is 25.8 Å². The Balaban J connectivity index is 1.43. The van der Waals surface area contributed by atoms with Crippen molar-refractivity contribution in [3.8, 4) is 0 Å². The smallest absolute Gasteiger partial charge is 0.317 e. The lowest BCUT2D eigenvalue weighted by Crippen LogP contribution is -2.46. The number of nitrogens with one attached hydrogen (secondary N) is 1. The number of amides is 2. The van der Waals surface area contributed by atoms with E-state index in [4.69, 9.17) is 0 Å². The van der Waals surface area contributed by atoms with E-state index < -0.39 is 0 Å². The third-order valence-electron chi connectivity index (χ3n) is 5.27. The van der Waals surface area contributed by atoms with Crippen LogP contribution < -0.4 is 5.32 Å². The molecular formula is C22H31N3O2S. The Bertz CT molecular complexity index is 693. The number of urea groups is 1. The lowest BCUT2D eigenvalue weighted by Gasteiger charge is -2.33. The molecule has 2 N–H and O–H groups in total. The first-order valence-electron chi connectivity index (χ1n) is 10.2. The molecule has 1 saturated heterocycles. The van der Waals surface area contributed by atoms with Gasteiger partial charge in [-0.1, -0.05) is 36.4 Å². The van der Waals surface area contributed by atoms with Gasteiger partial charge in [0.25, 0.3) is 0 Å². The molecule has 0 saturated carbocycles. The second-order valence-electron chi connectivity index (χ2n) is 7.46. The summed E-state index contributed by atoms with van der Waals surface area (Å²) in [6.45, 7) is 4.85. The van der Waals surface area contributed by atoms with E-state index in [1.807, 2.05) is 29.5 Å². The number of rotatable bonds is 9. The fourth-order valence-corrected chi connectivity index (χ4v) is 4.52. The predicted octanol–water partition coefficient (Wildman–Crippen LogP) is 3.21. The molecule has 0 radical (unpaired) electrons. The summed E-state index contributed by atoms with van der Waals surface area (Å²) in [5, 5.41) is 14.6. The normalized spacial score (nSPS) is 17.4. The van der Waals surface area contributed by atoms with Crippen LogP contribution in [0.1, 0.15) is 23.3 Å². The number of thiophene rings is 1. The van der Waals surface area contributed by atoms with Gasteiger partial charge < -0.3 is 15.3 Å². The van der Waals surface area contributed by atoms with Gasteiger partial charge >= 0.3 is 6.03 Å². The molecule has 2 aromatic rings. The topological polar surface area (TPSA) is 55.8 Å². The molecule has 0 aliphatic carbocycles. The molecule has 1 aromatic heterocycles. The van der Waals surface area contributed by atoms with Crippen LogP contribution in [0.15, 0.2) is 47.8 Å². The lowest BCUT2D eigenvalue weighted by molar-refractivity contribution is 0.156. The highest BCUT2D eigenvalue weighted by Gasteiger charge is 2.22. The minimum absolute atomic E-state index is 0.0137. The van der Waals surface area contributed by atoms with E-state index in [0.29, 0.717) is 25.6 Å². The van der Waals surface area contributed by atoms with Crippen LogP contribution in [0, 0.1) is 5.92 Å². The van der Waals surface area contributed by atoms with E-state index in [0.717, 1.165) is 32.5 Å². The van der Waals surface area contributed by atoms with Gasteiger partial charge in [-0.25, -0.2) is 4.79 Å². The molecule has 1 aromatic carbocycles. The van der Waals surface area contributed by atoms with Crippen LogP contribution in [-0.4, -0.2) is 60.3 Å². The number of nitrogens with zero attached hydrogens (tertiary/aromatic N) is 2. The Morgan fingerprint density at radius 3 is 2.82 bits per heavy atom. The van der Waals surface area contributed by atoms with E-state index in [1.165, 1.54) is 16.9 Å². The van der Waals surface area contributed by atoms with Crippen LogP contribution in [0.2, 0.25) is 0 Å². The molecule has 1 aliphatic heterocycles. The summed E-state index contributed by atoms with van der Waals surface area (Å²) < 4.78 is 0. The Kier molecular flexibility index (Phi) is 8.33. The van der Waals surface area contributed by atoms with Crippen LogP contribution in [-0.2, 0) is 13.0 Å². The highest BCUT2D eigenvalue weighted by atomic mass is 32.1. The van der Waals surface area contributed by atoms with Crippen LogP contribution in [0.25, 0.3) is 0 Å². The van der Waals surface area contributed by atoms with Gasteiger partial charge in [0.2, 0.25) is 0 Å². The highest BCUT2D eigenvalue weighted by molar-refractivity contribution is 7.09. The number of hydrogen-bond donors (Lipinski definition) is 2. The maximum atomic E-state index is 12.6. The van der Waals surface area contributed by atoms with Crippen molar-refractivity contribution in [3.05, 3.63) is 58.3 Å². The molecule has 1 fully saturated rings. The van der Waals surface area contributed by atoms with Gasteiger partial charge in [0.15, 0.2) is 0 Å². The summed E-state index contributed by atoms with van der Waals surface area (Å²) >= 11 is 1.81. The van der Waals surface area contributed by atoms with Gasteiger partial charge in [-0.3, -0.25) is 4.90 Å². The number of piperidine rings is 1. The number of aliphatic hydroxyl groups is 1. The molecule has 152 valence electrons. The zero-order chi connectivity index (χ0) is 19.6. The Morgan fingerprint density at radius 1 is 1.21 bits per heavy atom. The maximum Gasteiger partial charge on any atom is 0.317 e. The third kappa shape index (κ3) is 6.62. The SMILES string of the molecule is O=C(NCC1CCCN(Cc2cccs2)C1)N(CCO)CCc1ccccc1. The van der Waals surface area contributed by atoms with Crippen molar-refractivity contribution >= 4 is 17.4 Å². The van der Waals surface area contributed by atoms with Crippen LogP contribution in [0.4, 0.5) is 4.79 Å². The van der Waals surface area contributed by atoms with E-state index in [9.17, 15) is 9.90 Å². The number of hydrogen-bond acceptors (Lipinski definition) is 4. The molecule has 3 rings (SSSR count). The van der Waals surface area contributed by atoms with Gasteiger partial charge in [-0.15, -0.1) is 11.3 Å². The molecule has 0 bridgehead atoms. The maximum absolute atomic E-state index is 12.6. The quantitative estimate of drug-likeness (QED) is 0.678. The Labute approximate surface area is 172 Å². The minimum Gasteiger partial charge on any atom is -0.395 e. The minimum atomic E-state index is -0.0691. The van der Waals surface area contributed by atoms with Gasteiger partial charge in [-0.05, 0) is 48.7 Å². The molecule has 1 atom stereocenters. The fraction of sp³-hybridized carbons (Fsp3) is 0.500. The predicted molar refractivity (Wildman–Crippen MR) is 115 cm³/mol. The van der Waals surface area contributed by atoms with Crippen LogP contribution >= 0.6 is 11.3 Å². The first-order chi connectivity index (χ1) is 13.7. The molecule has 0 spiro atoms. The Hall–Kier alpha value is -1.89. The number of carbonyl (C=O) groups excluding carboxylic acids is 1. The molecule has 5 nitrogen and oxygen atoms in total. The third-order valence-corrected chi connectivity index (χ3v) is 6.14. The molecule has 2 amide bonds. The molecular weight excluding hydrogens is 370 g/mol. The van der Waals surface area contributed by atoms with Crippen molar-refractivity contribution in [2.75, 3.05) is 39.3 Å². The van der Waals surface area contributed by atoms with Crippen LogP contribution in [0.3, 0.4) is 0 Å². The highest BCUT2D eigenvalue weighted by Crippen LogP contribution is 2.20. The second-order valence-corrected chi connectivity index (χ2v) is 8.49. The summed E-state index contributed by atoms with van der Waals surface area (Å²) in [6, 6.07) is 14.4. The molecule has 6 heteroatoms. The molecule has 1 aliphatic rings. The van der Waals surface area contributed by atoms with Gasteiger partial charge in [0, 0.05) is 37.6 Å². The fourth-order valence-electron chi connectivity index (χ4n) is 3.77. The van der Waals surface area contributed by atoms with Gasteiger partial charge in [0.1, 0.15) is 0 Å². The zero-order valence-electron chi connectivity index (χ0n) is 16.4. The standard InChI is InChI=1S/C22H31N3O2S/c26-14-13-25(12-10-19-6-2-1-3-7-19)22(27)23-16-20-8-4-11-24(17-20)18-21-9-5-15-28-21/h1-3,5-7,9,15,20,26H,4,8,10-14,16-18H2,(H,23,27). The average molecular weight is 402 g/mol. The largest absolute Gasteiger partial charge is 0.395 e. The van der Waals surface area contributed by atoms with Crippen molar-refractivity contribution in [2.24, 2.45) is 5.92 Å². The average Bonchev–Trinajstić information content (AvgIpc) is 3.23. The Morgan fingerprint density at radius 2 is 2.07 bits per heavy atom. The van der Waals surface area contributed by atoms with E-state index in [2.05, 4.69) is 39.9 Å². The van der Waals surface area contributed by atoms with Gasteiger partial charge in [0.05, 0.1) is 6.61 Å². The van der Waals surface area contributed by atoms with Crippen molar-refractivity contribution < 1.29 is 9.90 Å². The summed E-state index contributed by atoms with van der Waals surface area (Å²) in [5.74, 6) is 0.489. The van der Waals surface area contributed by atoms with Crippen molar-refractivity contribution in [1.82, 2.24) is 15.1 Å². The number of carbonyl (C=O) groups is 1. The van der Waals surface area contributed by atoms with E-state index in [-0.39, 0.29) is 12.6 Å². The summed E-state index contributed by atoms with van der Waals surface area (Å²) in [4.78, 5) is 18.2. The summed E-state index contributed by atoms with van der Waals surface area (Å²) in [7, 11) is 0. The van der Waals surface area contributed by atoms with Gasteiger partial charge in [-0.2, -0.15) is 0 Å². The molecule has 28 heavy (non-hydrogen) atoms. The van der Waals surface area contributed by atoms with E-state index >= 15 is 0 Å². The zero-order valence-corrected chi connectivity index (χ0v) is 17.2. The first kappa shape index (κ1) is 20.8. The van der Waals surface area contributed by atoms with E-state index in [1.54, 1.807) is 4.90 Å². The summed E-state index contributed by atoms with van der Waals surface area (Å²) in [6.07, 6.45) is 3.14. The van der Waals surface area contributed by atoms with Crippen molar-refractivity contribution in [3.63, 3.8) is 0 Å². The lowest BCUT2D eigenvalue weighted by atomic mass is 9.98. The van der Waals surface area contributed by atoms with Crippen molar-refractivity contribution in [1.29, 1.82) is 0 Å².